The van der Waals surface area contributed by atoms with Crippen LogP contribution in [0.2, 0.25) is 0 Å². The van der Waals surface area contributed by atoms with Gasteiger partial charge in [0.15, 0.2) is 11.9 Å². The van der Waals surface area contributed by atoms with Crippen LogP contribution in [0.4, 0.5) is 17.2 Å². The summed E-state index contributed by atoms with van der Waals surface area (Å²) in [5.74, 6) is -0.586. The Labute approximate surface area is 522 Å². The number of hydrogen-bond donors (Lipinski definition) is 8. The number of carbonyl (C=O) groups is 2. The van der Waals surface area contributed by atoms with Gasteiger partial charge in [-0.3, -0.25) is 23.2 Å². The van der Waals surface area contributed by atoms with Gasteiger partial charge >= 0.3 is 21.3 Å². The lowest BCUT2D eigenvalue weighted by molar-refractivity contribution is -0.438. The lowest BCUT2D eigenvalue weighted by Crippen LogP contribution is -2.38. The van der Waals surface area contributed by atoms with Gasteiger partial charge < -0.3 is 78.7 Å². The Morgan fingerprint density at radius 1 is 0.778 bits per heavy atom. The number of benzene rings is 2. The molecule has 0 radical (unpaired) electrons. The quantitative estimate of drug-likeness (QED) is 0.0135. The Bertz CT molecular complexity index is 3530. The number of likely N-dealkylation sites (N-methyl/N-ethyl adjacent to an activating group) is 1. The first kappa shape index (κ1) is 73.6. The summed E-state index contributed by atoms with van der Waals surface area (Å²) in [6.07, 6.45) is 6.53. The second kappa shape index (κ2) is 32.4. The molecule has 3 aliphatic rings. The van der Waals surface area contributed by atoms with Crippen LogP contribution in [0.3, 0.4) is 0 Å². The molecule has 1 saturated heterocycles. The van der Waals surface area contributed by atoms with Crippen molar-refractivity contribution in [3.8, 4) is 0 Å². The number of rotatable bonds is 37. The first-order chi connectivity index (χ1) is 42.2. The van der Waals surface area contributed by atoms with E-state index in [0.717, 1.165) is 39.3 Å². The van der Waals surface area contributed by atoms with Crippen molar-refractivity contribution in [1.29, 1.82) is 0 Å². The number of aliphatic hydroxyl groups excluding tert-OH is 1. The number of phosphoric ester groups is 2. The van der Waals surface area contributed by atoms with Gasteiger partial charge in [-0.1, -0.05) is 32.1 Å². The minimum Gasteiger partial charge on any atom is -0.744 e. The van der Waals surface area contributed by atoms with Crippen molar-refractivity contribution in [2.24, 2.45) is 0 Å². The number of nitrogen functional groups attached to an aromatic ring is 1. The Morgan fingerprint density at radius 3 is 2.00 bits per heavy atom. The molecule has 0 spiro atoms. The van der Waals surface area contributed by atoms with E-state index in [0.29, 0.717) is 77.3 Å². The monoisotopic (exact) mass is 1340 g/mol. The van der Waals surface area contributed by atoms with Crippen molar-refractivity contribution in [3.63, 3.8) is 0 Å². The molecule has 2 aromatic carbocycles. The maximum Gasteiger partial charge on any atom is 0.470 e. The van der Waals surface area contributed by atoms with Gasteiger partial charge in [0, 0.05) is 85.2 Å². The first-order valence-electron chi connectivity index (χ1n) is 28.9. The number of aryl methyl sites for hydroxylation is 1. The van der Waals surface area contributed by atoms with E-state index in [-0.39, 0.29) is 78.8 Å². The number of aliphatic hydroxyl groups is 1. The number of nitrogens with zero attached hydrogens (tertiary/aromatic N) is 4. The molecular formula is C56H80N7O23P2S2-. The molecule has 90 heavy (non-hydrogen) atoms. The van der Waals surface area contributed by atoms with Crippen LogP contribution in [0.25, 0.3) is 0 Å². The molecule has 6 rings (SSSR count). The standard InChI is InChI=1S/C56H81N7O23P2S2/c1-6-61-43-20-18-39(89(74,75)76)34-41(43)55(2,3)46(61)15-9-7-10-16-47-56(4,5)42-35-40(90(77,78)79)19-21-44(42)62(47)25-12-8-11-17-48(64)59-24-27-81-29-31-83-33-32-82-30-28-80-26-22-49(65)58-23-13-14-38-36-63(54(67)60-52(38)57)53-50(66)51(86-88(71,72)73)45(85-53)37-84-87(68,69)70/h7,9-10,15-16,18-21,34-36,45,50-51,53,66H,6,8,11-14,17,22-33,37H2,1-5H3,(H9-,57,58,59,60,64,65,67,68,69,70,71,72,73,74,75,76,77,78,79)/p-1/t45-,50+,51?,53-/m1/s1. The second-order valence-corrected chi connectivity index (χ2v) is 27.3. The number of unbranched alkanes of at least 4 members (excludes halogenated alkanes) is 2. The molecule has 2 amide bonds. The van der Waals surface area contributed by atoms with Crippen LogP contribution in [0, 0.1) is 0 Å². The van der Waals surface area contributed by atoms with Gasteiger partial charge in [0.2, 0.25) is 17.5 Å². The zero-order valence-corrected chi connectivity index (χ0v) is 54.0. The van der Waals surface area contributed by atoms with Crippen LogP contribution < -0.4 is 27.0 Å². The van der Waals surface area contributed by atoms with Crippen LogP contribution in [0.15, 0.2) is 93.3 Å². The van der Waals surface area contributed by atoms with Crippen molar-refractivity contribution < 1.29 is 107 Å². The lowest BCUT2D eigenvalue weighted by Gasteiger charge is -2.25. The summed E-state index contributed by atoms with van der Waals surface area (Å²) in [5, 5.41) is 16.4. The van der Waals surface area contributed by atoms with E-state index in [1.807, 2.05) is 65.0 Å². The summed E-state index contributed by atoms with van der Waals surface area (Å²) in [7, 11) is -19.7. The average molecular weight is 1350 g/mol. The lowest BCUT2D eigenvalue weighted by atomic mass is 9.81. The second-order valence-electron chi connectivity index (χ2n) is 22.2. The molecule has 1 unspecified atom stereocenters. The molecule has 500 valence electrons. The van der Waals surface area contributed by atoms with E-state index in [1.165, 1.54) is 30.5 Å². The van der Waals surface area contributed by atoms with E-state index < -0.39 is 83.5 Å². The summed E-state index contributed by atoms with van der Waals surface area (Å²) in [6.45, 7) is 12.7. The fourth-order valence-corrected chi connectivity index (χ4v) is 12.5. The zero-order valence-electron chi connectivity index (χ0n) is 50.5. The number of carbonyl (C=O) groups excluding carboxylic acids is 2. The number of fused-ring (bicyclic) bond motifs is 2. The molecule has 1 fully saturated rings. The van der Waals surface area contributed by atoms with Crippen LogP contribution in [0.1, 0.15) is 96.1 Å². The summed E-state index contributed by atoms with van der Waals surface area (Å²) in [6, 6.07) is 8.85. The van der Waals surface area contributed by atoms with Gasteiger partial charge in [0.25, 0.3) is 0 Å². The Kier molecular flexibility index (Phi) is 26.5. The molecule has 4 heterocycles. The number of aromatic nitrogens is 2. The summed E-state index contributed by atoms with van der Waals surface area (Å²) < 4.78 is 134. The number of ether oxygens (including phenoxy) is 5. The SMILES string of the molecule is CCN1/C(=C/C=C/C=C/C2=[N+](CCCCCC(=O)NCCOCCOCCOCCOCCC(=O)NCCCc3cn([C@@H]4O[C@H](COP(=O)(O)O)C(OP(=O)(O)O)[C@@H]4O)c(=O)nc3N)c3ccc(S(=O)(=O)[O-])cc3C2(C)C)C(C)(C)c2cc(S(=O)(=O)[O-])ccc21. The number of nitrogens with two attached hydrogens (primary N) is 1. The highest BCUT2D eigenvalue weighted by Gasteiger charge is 2.50. The highest BCUT2D eigenvalue weighted by atomic mass is 32.2. The van der Waals surface area contributed by atoms with E-state index in [4.69, 9.17) is 39.2 Å². The van der Waals surface area contributed by atoms with Gasteiger partial charge in [0.1, 0.15) is 50.9 Å². The molecule has 3 aromatic rings. The van der Waals surface area contributed by atoms with E-state index in [2.05, 4.69) is 34.1 Å². The third kappa shape index (κ3) is 20.8. The maximum atomic E-state index is 12.7. The largest absolute Gasteiger partial charge is 0.744 e. The summed E-state index contributed by atoms with van der Waals surface area (Å²) >= 11 is 0. The number of allylic oxidation sites excluding steroid dienone is 6. The van der Waals surface area contributed by atoms with Crippen LogP contribution in [0.5, 0.6) is 0 Å². The van der Waals surface area contributed by atoms with Crippen LogP contribution in [-0.4, -0.2) is 186 Å². The normalized spacial score (nSPS) is 19.6. The molecule has 0 aliphatic carbocycles. The molecule has 3 aliphatic heterocycles. The molecule has 34 heteroatoms. The topological polar surface area (TPSA) is 440 Å². The summed E-state index contributed by atoms with van der Waals surface area (Å²) in [5.41, 5.74) is 8.75. The molecule has 1 aromatic heterocycles. The van der Waals surface area contributed by atoms with Crippen molar-refractivity contribution >= 4 is 70.6 Å². The number of hydrogen-bond acceptors (Lipinski definition) is 22. The third-order valence-corrected chi connectivity index (χ3v) is 17.7. The predicted octanol–water partition coefficient (Wildman–Crippen LogP) is 2.55. The smallest absolute Gasteiger partial charge is 0.470 e. The van der Waals surface area contributed by atoms with E-state index in [1.54, 1.807) is 12.1 Å². The Balaban J connectivity index is 0.810. The highest BCUT2D eigenvalue weighted by molar-refractivity contribution is 7.86. The molecule has 30 nitrogen and oxygen atoms in total. The van der Waals surface area contributed by atoms with Gasteiger partial charge in [-0.25, -0.2) is 30.8 Å². The third-order valence-electron chi connectivity index (χ3n) is 15.0. The molecule has 0 saturated carbocycles. The fraction of sp³-hybridized carbons (Fsp3) is 0.554. The van der Waals surface area contributed by atoms with Gasteiger partial charge in [-0.15, -0.1) is 0 Å². The van der Waals surface area contributed by atoms with Gasteiger partial charge in [-0.05, 0) is 88.4 Å². The minimum atomic E-state index is -5.27. The van der Waals surface area contributed by atoms with Gasteiger partial charge in [-0.2, -0.15) is 9.56 Å². The van der Waals surface area contributed by atoms with E-state index >= 15 is 0 Å². The highest BCUT2D eigenvalue weighted by Crippen LogP contribution is 2.49. The van der Waals surface area contributed by atoms with Gasteiger partial charge in [0.05, 0.1) is 74.7 Å². The maximum absolute atomic E-state index is 12.7. The predicted molar refractivity (Wildman–Crippen MR) is 322 cm³/mol. The summed E-state index contributed by atoms with van der Waals surface area (Å²) in [4.78, 5) is 79.7. The fourth-order valence-electron chi connectivity index (χ4n) is 10.6. The number of amides is 2. The Hall–Kier alpha value is -5.45. The average Bonchev–Trinajstić information content (AvgIpc) is 1.88. The molecule has 9 N–H and O–H groups in total. The Morgan fingerprint density at radius 2 is 1.38 bits per heavy atom. The molecular weight excluding hydrogens is 1260 g/mol. The van der Waals surface area contributed by atoms with Crippen LogP contribution in [-0.2, 0) is 88.9 Å². The van der Waals surface area contributed by atoms with Crippen molar-refractivity contribution in [1.82, 2.24) is 20.2 Å². The van der Waals surface area contributed by atoms with E-state index in [9.17, 15) is 64.3 Å². The van der Waals surface area contributed by atoms with Crippen molar-refractivity contribution in [2.75, 3.05) is 96.3 Å². The first-order valence-corrected chi connectivity index (χ1v) is 34.8. The number of anilines is 2. The van der Waals surface area contributed by atoms with Crippen LogP contribution >= 0.6 is 15.6 Å². The molecule has 0 bridgehead atoms. The number of nitrogens with one attached hydrogen (secondary N) is 2. The van der Waals surface area contributed by atoms with Crippen molar-refractivity contribution in [3.05, 3.63) is 106 Å². The molecule has 4 atom stereocenters. The van der Waals surface area contributed by atoms with Crippen molar-refractivity contribution in [2.45, 2.75) is 125 Å². The minimum absolute atomic E-state index is 0.0535. The number of phosphoric acid groups is 2. The zero-order chi connectivity index (χ0) is 66.2.